The fourth-order valence-electron chi connectivity index (χ4n) is 4.27. The van der Waals surface area contributed by atoms with E-state index in [9.17, 15) is 13.2 Å². The molecule has 0 bridgehead atoms. The molecule has 3 heterocycles. The Balaban J connectivity index is 1.42. The fourth-order valence-corrected chi connectivity index (χ4v) is 5.89. The van der Waals surface area contributed by atoms with Crippen LogP contribution in [0.25, 0.3) is 10.9 Å². The van der Waals surface area contributed by atoms with Crippen molar-refractivity contribution in [1.82, 2.24) is 14.2 Å². The Bertz CT molecular complexity index is 1260. The van der Waals surface area contributed by atoms with Crippen molar-refractivity contribution in [1.29, 1.82) is 0 Å². The molecule has 0 radical (unpaired) electrons. The summed E-state index contributed by atoms with van der Waals surface area (Å²) in [6, 6.07) is 12.0. The molecular formula is C22H22ClN3O4S. The van der Waals surface area contributed by atoms with Gasteiger partial charge in [0, 0.05) is 65.3 Å². The number of halogens is 1. The molecule has 1 saturated heterocycles. The van der Waals surface area contributed by atoms with Gasteiger partial charge < -0.3 is 14.6 Å². The van der Waals surface area contributed by atoms with Crippen molar-refractivity contribution in [3.63, 3.8) is 0 Å². The Kier molecular flexibility index (Phi) is 5.26. The van der Waals surface area contributed by atoms with Gasteiger partial charge in [-0.1, -0.05) is 17.7 Å². The normalized spacial score (nSPS) is 17.6. The molecule has 2 aliphatic rings. The maximum absolute atomic E-state index is 13.3. The number of nitrogens with zero attached hydrogens (tertiary/aromatic N) is 2. The number of carbonyl (C=O) groups excluding carboxylic acids is 1. The molecule has 0 spiro atoms. The molecule has 1 aromatic heterocycles. The van der Waals surface area contributed by atoms with Crippen LogP contribution in [0.15, 0.2) is 47.4 Å². The van der Waals surface area contributed by atoms with Crippen molar-refractivity contribution in [3.05, 3.63) is 64.3 Å². The third-order valence-corrected chi connectivity index (χ3v) is 8.04. The number of H-pyrrole nitrogens is 1. The monoisotopic (exact) mass is 459 g/mol. The largest absolute Gasteiger partial charge is 0.379 e. The van der Waals surface area contributed by atoms with E-state index in [0.29, 0.717) is 56.4 Å². The van der Waals surface area contributed by atoms with Gasteiger partial charge in [0.25, 0.3) is 5.91 Å². The number of fused-ring (bicyclic) bond motifs is 3. The van der Waals surface area contributed by atoms with Crippen LogP contribution in [-0.2, 0) is 27.7 Å². The van der Waals surface area contributed by atoms with Crippen molar-refractivity contribution in [2.24, 2.45) is 0 Å². The molecule has 0 aliphatic carbocycles. The number of aromatic amines is 1. The van der Waals surface area contributed by atoms with Crippen molar-refractivity contribution < 1.29 is 17.9 Å². The summed E-state index contributed by atoms with van der Waals surface area (Å²) >= 11 is 6.17. The highest BCUT2D eigenvalue weighted by Crippen LogP contribution is 2.30. The topological polar surface area (TPSA) is 82.7 Å². The van der Waals surface area contributed by atoms with Crippen LogP contribution in [0.3, 0.4) is 0 Å². The quantitative estimate of drug-likeness (QED) is 0.652. The standard InChI is InChI=1S/C22H22ClN3O4S/c23-16-4-5-20-18(13-16)19-14-25(7-6-21(19)24-20)22(27)15-2-1-3-17(12-15)31(28,29)26-8-10-30-11-9-26/h1-5,12-13,24H,6-11,14H2. The van der Waals surface area contributed by atoms with Crippen molar-refractivity contribution in [3.8, 4) is 0 Å². The minimum atomic E-state index is -3.66. The summed E-state index contributed by atoms with van der Waals surface area (Å²) in [7, 11) is -3.66. The lowest BCUT2D eigenvalue weighted by atomic mass is 10.0. The maximum atomic E-state index is 13.3. The van der Waals surface area contributed by atoms with Gasteiger partial charge in [-0.3, -0.25) is 4.79 Å². The van der Waals surface area contributed by atoms with Crippen LogP contribution in [0.1, 0.15) is 21.6 Å². The summed E-state index contributed by atoms with van der Waals surface area (Å²) < 4.78 is 32.6. The van der Waals surface area contributed by atoms with Crippen molar-refractivity contribution in [2.45, 2.75) is 17.9 Å². The van der Waals surface area contributed by atoms with Gasteiger partial charge in [0.2, 0.25) is 10.0 Å². The minimum Gasteiger partial charge on any atom is -0.379 e. The van der Waals surface area contributed by atoms with E-state index in [2.05, 4.69) is 4.98 Å². The molecule has 5 rings (SSSR count). The second-order valence-corrected chi connectivity index (χ2v) is 10.2. The van der Waals surface area contributed by atoms with E-state index in [1.807, 2.05) is 18.2 Å². The van der Waals surface area contributed by atoms with Gasteiger partial charge in [0.05, 0.1) is 18.1 Å². The summed E-state index contributed by atoms with van der Waals surface area (Å²) in [5.74, 6) is -0.180. The van der Waals surface area contributed by atoms with E-state index < -0.39 is 10.0 Å². The van der Waals surface area contributed by atoms with Crippen LogP contribution in [0.4, 0.5) is 0 Å². The molecule has 31 heavy (non-hydrogen) atoms. The molecule has 1 N–H and O–H groups in total. The van der Waals surface area contributed by atoms with Crippen molar-refractivity contribution >= 4 is 38.4 Å². The molecule has 0 saturated carbocycles. The van der Waals surface area contributed by atoms with Crippen LogP contribution in [0.2, 0.25) is 5.02 Å². The first-order valence-electron chi connectivity index (χ1n) is 10.2. The van der Waals surface area contributed by atoms with Gasteiger partial charge in [-0.15, -0.1) is 0 Å². The molecule has 7 nitrogen and oxygen atoms in total. The Hall–Kier alpha value is -2.39. The zero-order chi connectivity index (χ0) is 21.6. The van der Waals surface area contributed by atoms with Crippen LogP contribution in [0, 0.1) is 0 Å². The smallest absolute Gasteiger partial charge is 0.254 e. The number of rotatable bonds is 3. The van der Waals surface area contributed by atoms with Crippen LogP contribution in [0.5, 0.6) is 0 Å². The lowest BCUT2D eigenvalue weighted by Crippen LogP contribution is -2.40. The zero-order valence-electron chi connectivity index (χ0n) is 16.8. The van der Waals surface area contributed by atoms with Gasteiger partial charge >= 0.3 is 0 Å². The maximum Gasteiger partial charge on any atom is 0.254 e. The van der Waals surface area contributed by atoms with E-state index in [1.54, 1.807) is 17.0 Å². The van der Waals surface area contributed by atoms with Crippen LogP contribution < -0.4 is 0 Å². The number of amides is 1. The van der Waals surface area contributed by atoms with Crippen molar-refractivity contribution in [2.75, 3.05) is 32.8 Å². The van der Waals surface area contributed by atoms with E-state index in [-0.39, 0.29) is 10.8 Å². The number of ether oxygens (including phenoxy) is 1. The Morgan fingerprint density at radius 3 is 2.68 bits per heavy atom. The van der Waals surface area contributed by atoms with E-state index in [0.717, 1.165) is 22.2 Å². The number of hydrogen-bond acceptors (Lipinski definition) is 4. The second-order valence-electron chi connectivity index (χ2n) is 7.79. The SMILES string of the molecule is O=C(c1cccc(S(=O)(=O)N2CCOCC2)c1)N1CCc2[nH]c3ccc(Cl)cc3c2C1. The highest BCUT2D eigenvalue weighted by Gasteiger charge is 2.29. The molecule has 162 valence electrons. The Morgan fingerprint density at radius 2 is 1.87 bits per heavy atom. The molecule has 3 aromatic rings. The summed E-state index contributed by atoms with van der Waals surface area (Å²) in [4.78, 5) is 18.6. The molecule has 2 aromatic carbocycles. The second kappa shape index (κ2) is 7.94. The first-order valence-corrected chi connectivity index (χ1v) is 12.0. The number of sulfonamides is 1. The molecule has 1 amide bonds. The van der Waals surface area contributed by atoms with Gasteiger partial charge in [0.15, 0.2) is 0 Å². The summed E-state index contributed by atoms with van der Waals surface area (Å²) in [6.07, 6.45) is 0.707. The van der Waals surface area contributed by atoms with Gasteiger partial charge in [-0.05, 0) is 36.4 Å². The molecule has 1 fully saturated rings. The molecular weight excluding hydrogens is 438 g/mol. The number of morpholine rings is 1. The zero-order valence-corrected chi connectivity index (χ0v) is 18.4. The van der Waals surface area contributed by atoms with E-state index in [4.69, 9.17) is 16.3 Å². The molecule has 9 heteroatoms. The minimum absolute atomic E-state index is 0.136. The third-order valence-electron chi connectivity index (χ3n) is 5.91. The Labute approximate surface area is 185 Å². The highest BCUT2D eigenvalue weighted by molar-refractivity contribution is 7.89. The third kappa shape index (κ3) is 3.74. The number of carbonyl (C=O) groups is 1. The summed E-state index contributed by atoms with van der Waals surface area (Å²) in [5.41, 5.74) is 3.55. The lowest BCUT2D eigenvalue weighted by molar-refractivity contribution is 0.0727. The predicted molar refractivity (Wildman–Crippen MR) is 118 cm³/mol. The average Bonchev–Trinajstić information content (AvgIpc) is 3.16. The van der Waals surface area contributed by atoms with Crippen LogP contribution in [-0.4, -0.2) is 61.4 Å². The number of benzene rings is 2. The number of hydrogen-bond donors (Lipinski definition) is 1. The number of nitrogens with one attached hydrogen (secondary N) is 1. The first-order chi connectivity index (χ1) is 14.9. The molecule has 0 unspecified atom stereocenters. The molecule has 0 atom stereocenters. The van der Waals surface area contributed by atoms with Gasteiger partial charge in [-0.2, -0.15) is 4.31 Å². The Morgan fingerprint density at radius 1 is 1.06 bits per heavy atom. The highest BCUT2D eigenvalue weighted by atomic mass is 35.5. The summed E-state index contributed by atoms with van der Waals surface area (Å²) in [6.45, 7) is 2.41. The van der Waals surface area contributed by atoms with E-state index >= 15 is 0 Å². The predicted octanol–water partition coefficient (Wildman–Crippen LogP) is 3.04. The fraction of sp³-hybridized carbons (Fsp3) is 0.318. The average molecular weight is 460 g/mol. The number of aromatic nitrogens is 1. The van der Waals surface area contributed by atoms with Gasteiger partial charge in [-0.25, -0.2) is 8.42 Å². The van der Waals surface area contributed by atoms with Gasteiger partial charge in [0.1, 0.15) is 0 Å². The lowest BCUT2D eigenvalue weighted by Gasteiger charge is -2.28. The van der Waals surface area contributed by atoms with E-state index in [1.165, 1.54) is 16.4 Å². The molecule has 2 aliphatic heterocycles. The summed E-state index contributed by atoms with van der Waals surface area (Å²) in [5, 5.41) is 1.67. The van der Waals surface area contributed by atoms with Crippen LogP contribution >= 0.6 is 11.6 Å². The first kappa shape index (κ1) is 20.5.